The minimum atomic E-state index is -0.226. The van der Waals surface area contributed by atoms with Crippen LogP contribution in [0.15, 0.2) is 231 Å². The Hall–Kier alpha value is -9.79. The molecule has 11 aromatic rings. The van der Waals surface area contributed by atoms with Crippen molar-refractivity contribution in [3.63, 3.8) is 0 Å². The van der Waals surface area contributed by atoms with Crippen molar-refractivity contribution in [1.82, 2.24) is 0 Å². The number of anilines is 15. The SMILES string of the molecule is c1ccc(N2c3ccccc3Oc3cc4c(cc32)N2c3ccccc3B3c5ccccc5N5c6ccccc6B6c7ccccc7N7c8cc9c(cc8B4c4c2c3c5c6c47)Oc2ccccc2N9c2ccccc2)cc1. The molecule has 0 saturated heterocycles. The molecular formula is C66H38B3N5O2. The third-order valence-electron chi connectivity index (χ3n) is 17.5. The van der Waals surface area contributed by atoms with Crippen molar-refractivity contribution in [2.75, 3.05) is 24.5 Å². The molecule has 0 atom stereocenters. The van der Waals surface area contributed by atoms with Gasteiger partial charge in [0.1, 0.15) is 0 Å². The summed E-state index contributed by atoms with van der Waals surface area (Å²) >= 11 is 0. The molecule has 10 heteroatoms. The van der Waals surface area contributed by atoms with Crippen LogP contribution in [0.5, 0.6) is 23.0 Å². The molecule has 348 valence electrons. The van der Waals surface area contributed by atoms with Crippen molar-refractivity contribution < 1.29 is 9.47 Å². The largest absolute Gasteiger partial charge is 0.453 e. The van der Waals surface area contributed by atoms with E-state index in [1.54, 1.807) is 0 Å². The van der Waals surface area contributed by atoms with Gasteiger partial charge in [-0.3, -0.25) is 0 Å². The molecule has 11 aromatic carbocycles. The molecule has 0 amide bonds. The molecule has 76 heavy (non-hydrogen) atoms. The summed E-state index contributed by atoms with van der Waals surface area (Å²) in [6.07, 6.45) is 0. The summed E-state index contributed by atoms with van der Waals surface area (Å²) in [4.78, 5) is 12.7. The summed E-state index contributed by atoms with van der Waals surface area (Å²) < 4.78 is 14.4. The van der Waals surface area contributed by atoms with E-state index in [1.807, 2.05) is 0 Å². The molecule has 7 nitrogen and oxygen atoms in total. The molecule has 8 aliphatic heterocycles. The Morgan fingerprint density at radius 1 is 0.224 bits per heavy atom. The van der Waals surface area contributed by atoms with Gasteiger partial charge < -0.3 is 34.0 Å². The van der Waals surface area contributed by atoms with Crippen molar-refractivity contribution in [3.05, 3.63) is 231 Å². The Labute approximate surface area is 439 Å². The molecule has 0 aliphatic carbocycles. The molecule has 0 spiro atoms. The van der Waals surface area contributed by atoms with Gasteiger partial charge in [0.15, 0.2) is 23.0 Å². The Kier molecular flexibility index (Phi) is 7.35. The standard InChI is InChI=1S/C66H38B3N5O2/c1-3-19-39(20-4-1)70-51-31-15-17-33-57(51)75-59-35-45-53(37-55(59)70)73-49-29-13-9-25-43(49)67-41-23-7-11-27-47(41)72-48-28-12-8-24-42(48)68-44-26-10-14-30-50(44)74-54-38-56-60(36-46(54)69(45)63-65(73)61(67)64(72)62(68)66(63)74)76-58-34-18-16-32-52(58)71(56)40-21-5-2-6-22-40/h1-38H. The van der Waals surface area contributed by atoms with Crippen LogP contribution in [-0.4, -0.2) is 20.1 Å². The highest BCUT2D eigenvalue weighted by Gasteiger charge is 2.58. The van der Waals surface area contributed by atoms with Crippen molar-refractivity contribution in [2.24, 2.45) is 0 Å². The van der Waals surface area contributed by atoms with Crippen LogP contribution in [0.25, 0.3) is 0 Å². The second-order valence-electron chi connectivity index (χ2n) is 21.1. The molecule has 0 radical (unpaired) electrons. The van der Waals surface area contributed by atoms with Crippen LogP contribution in [0.1, 0.15) is 0 Å². The number of nitrogens with zero attached hydrogens (tertiary/aromatic N) is 5. The van der Waals surface area contributed by atoms with Crippen molar-refractivity contribution in [3.8, 4) is 23.0 Å². The first-order chi connectivity index (χ1) is 37.8. The van der Waals surface area contributed by atoms with E-state index >= 15 is 0 Å². The average Bonchev–Trinajstić information content (AvgIpc) is 2.80. The highest BCUT2D eigenvalue weighted by molar-refractivity contribution is 7.09. The fraction of sp³-hybridized carbons (Fsp3) is 0. The summed E-state index contributed by atoms with van der Waals surface area (Å²) in [7, 11) is 0. The highest BCUT2D eigenvalue weighted by atomic mass is 16.5. The summed E-state index contributed by atoms with van der Waals surface area (Å²) in [6.45, 7) is -0.276. The number of rotatable bonds is 2. The van der Waals surface area contributed by atoms with Gasteiger partial charge >= 0.3 is 0 Å². The maximum Gasteiger partial charge on any atom is 0.252 e. The lowest BCUT2D eigenvalue weighted by Gasteiger charge is -2.56. The van der Waals surface area contributed by atoms with Crippen LogP contribution in [0.2, 0.25) is 0 Å². The van der Waals surface area contributed by atoms with Gasteiger partial charge in [-0.15, -0.1) is 0 Å². The van der Waals surface area contributed by atoms with Gasteiger partial charge in [0.05, 0.1) is 22.7 Å². The topological polar surface area (TPSA) is 34.7 Å². The van der Waals surface area contributed by atoms with Gasteiger partial charge in [-0.2, -0.15) is 0 Å². The zero-order valence-electron chi connectivity index (χ0n) is 40.7. The van der Waals surface area contributed by atoms with Crippen molar-refractivity contribution in [2.45, 2.75) is 0 Å². The van der Waals surface area contributed by atoms with Crippen LogP contribution in [0, 0.1) is 0 Å². The number of para-hydroxylation sites is 10. The third kappa shape index (κ3) is 4.76. The predicted octanol–water partition coefficient (Wildman–Crippen LogP) is 10.7. The van der Waals surface area contributed by atoms with E-state index in [0.717, 1.165) is 68.5 Å². The molecule has 0 N–H and O–H groups in total. The summed E-state index contributed by atoms with van der Waals surface area (Å²) in [5, 5.41) is 0. The third-order valence-corrected chi connectivity index (χ3v) is 17.5. The summed E-state index contributed by atoms with van der Waals surface area (Å²) in [5.74, 6) is 3.29. The van der Waals surface area contributed by atoms with Gasteiger partial charge in [0.25, 0.3) is 20.1 Å². The fourth-order valence-electron chi connectivity index (χ4n) is 14.8. The van der Waals surface area contributed by atoms with E-state index in [0.29, 0.717) is 0 Å². The van der Waals surface area contributed by atoms with Crippen LogP contribution >= 0.6 is 0 Å². The molecular weight excluding hydrogens is 927 g/mol. The molecule has 8 aliphatic rings. The predicted molar refractivity (Wildman–Crippen MR) is 314 cm³/mol. The number of ether oxygens (including phenoxy) is 2. The van der Waals surface area contributed by atoms with Gasteiger partial charge in [0.2, 0.25) is 0 Å². The van der Waals surface area contributed by atoms with E-state index in [-0.39, 0.29) is 20.1 Å². The molecule has 8 heterocycles. The Balaban J connectivity index is 0.992. The molecule has 0 saturated carbocycles. The lowest BCUT2D eigenvalue weighted by atomic mass is 9.24. The van der Waals surface area contributed by atoms with E-state index in [9.17, 15) is 0 Å². The normalized spacial score (nSPS) is 14.8. The smallest absolute Gasteiger partial charge is 0.252 e. The fourth-order valence-corrected chi connectivity index (χ4v) is 14.8. The molecule has 19 rings (SSSR count). The van der Waals surface area contributed by atoms with E-state index in [4.69, 9.17) is 9.47 Å². The maximum atomic E-state index is 7.18. The average molecular weight is 965 g/mol. The second-order valence-corrected chi connectivity index (χ2v) is 21.1. The number of hydrogen-bond donors (Lipinski definition) is 0. The first kappa shape index (κ1) is 39.7. The molecule has 0 unspecified atom stereocenters. The van der Waals surface area contributed by atoms with Gasteiger partial charge in [0, 0.05) is 62.6 Å². The van der Waals surface area contributed by atoms with Gasteiger partial charge in [-0.25, -0.2) is 0 Å². The van der Waals surface area contributed by atoms with Crippen molar-refractivity contribution >= 4 is 155 Å². The molecule has 0 bridgehead atoms. The summed E-state index contributed by atoms with van der Waals surface area (Å²) in [6, 6.07) is 84.8. The summed E-state index contributed by atoms with van der Waals surface area (Å²) in [5.41, 5.74) is 28.8. The second kappa shape index (κ2) is 14.1. The maximum absolute atomic E-state index is 7.18. The van der Waals surface area contributed by atoms with Gasteiger partial charge in [-0.1, -0.05) is 133 Å². The van der Waals surface area contributed by atoms with Crippen LogP contribution in [0.3, 0.4) is 0 Å². The number of benzene rings is 11. The highest BCUT2D eigenvalue weighted by Crippen LogP contribution is 2.58. The first-order valence-corrected chi connectivity index (χ1v) is 26.4. The van der Waals surface area contributed by atoms with E-state index in [2.05, 4.69) is 255 Å². The minimum Gasteiger partial charge on any atom is -0.453 e. The van der Waals surface area contributed by atoms with Crippen molar-refractivity contribution in [1.29, 1.82) is 0 Å². The van der Waals surface area contributed by atoms with E-state index in [1.165, 1.54) is 89.0 Å². The quantitative estimate of drug-likeness (QED) is 0.160. The zero-order chi connectivity index (χ0) is 49.1. The van der Waals surface area contributed by atoms with Gasteiger partial charge in [-0.05, 0) is 146 Å². The van der Waals surface area contributed by atoms with Crippen LogP contribution in [-0.2, 0) is 0 Å². The number of fused-ring (bicyclic) bond motifs is 22. The Morgan fingerprint density at radius 2 is 0.526 bits per heavy atom. The minimum absolute atomic E-state index is 0.0250. The molecule has 0 aromatic heterocycles. The zero-order valence-corrected chi connectivity index (χ0v) is 40.7. The monoisotopic (exact) mass is 965 g/mol. The Morgan fingerprint density at radius 3 is 0.908 bits per heavy atom. The van der Waals surface area contributed by atoms with Crippen LogP contribution < -0.4 is 83.1 Å². The molecule has 0 fully saturated rings. The lowest BCUT2D eigenvalue weighted by Crippen LogP contribution is -2.74. The van der Waals surface area contributed by atoms with Crippen LogP contribution in [0.4, 0.5) is 85.3 Å². The number of hydrogen-bond acceptors (Lipinski definition) is 7. The first-order valence-electron chi connectivity index (χ1n) is 26.4. The van der Waals surface area contributed by atoms with E-state index < -0.39 is 0 Å². The lowest BCUT2D eigenvalue weighted by molar-refractivity contribution is 0.477. The Bertz CT molecular complexity index is 4180.